The predicted octanol–water partition coefficient (Wildman–Crippen LogP) is 6.84. The Morgan fingerprint density at radius 1 is 1.03 bits per heavy atom. The van der Waals surface area contributed by atoms with E-state index in [0.717, 1.165) is 51.4 Å². The molecular weight excluding hydrogens is 484 g/mol. The van der Waals surface area contributed by atoms with Crippen molar-refractivity contribution in [3.05, 3.63) is 24.3 Å². The van der Waals surface area contributed by atoms with Gasteiger partial charge in [0.15, 0.2) is 19.9 Å². The zero-order valence-electron chi connectivity index (χ0n) is 24.1. The molecule has 7 heteroatoms. The van der Waals surface area contributed by atoms with Crippen LogP contribution in [-0.4, -0.2) is 57.2 Å². The summed E-state index contributed by atoms with van der Waals surface area (Å²) < 4.78 is 32.3. The van der Waals surface area contributed by atoms with E-state index in [9.17, 15) is 4.79 Å². The molecule has 0 N–H and O–H groups in total. The van der Waals surface area contributed by atoms with Crippen molar-refractivity contribution in [2.75, 3.05) is 6.61 Å². The lowest BCUT2D eigenvalue weighted by atomic mass is 9.86. The molecule has 4 heterocycles. The van der Waals surface area contributed by atoms with E-state index in [2.05, 4.69) is 72.8 Å². The van der Waals surface area contributed by atoms with Crippen LogP contribution < -0.4 is 0 Å². The van der Waals surface area contributed by atoms with E-state index in [-0.39, 0.29) is 30.3 Å². The van der Waals surface area contributed by atoms with E-state index in [4.69, 9.17) is 23.4 Å². The Hall–Kier alpha value is -0.833. The maximum absolute atomic E-state index is 11.2. The summed E-state index contributed by atoms with van der Waals surface area (Å²) >= 11 is 0. The molecule has 37 heavy (non-hydrogen) atoms. The lowest BCUT2D eigenvalue weighted by Gasteiger charge is -2.45. The summed E-state index contributed by atoms with van der Waals surface area (Å²) in [6.07, 6.45) is 14.8. The van der Waals surface area contributed by atoms with Crippen molar-refractivity contribution >= 4 is 14.6 Å². The number of ether oxygens (including phenoxy) is 4. The third kappa shape index (κ3) is 5.87. The number of allylic oxidation sites excluding steroid dienone is 1. The summed E-state index contributed by atoms with van der Waals surface area (Å²) in [7, 11) is -1.80. The molecular formula is C30H50O6Si. The Morgan fingerprint density at radius 3 is 2.43 bits per heavy atom. The first-order valence-electron chi connectivity index (χ1n) is 14.7. The van der Waals surface area contributed by atoms with Crippen LogP contribution in [0.15, 0.2) is 24.3 Å². The first-order valence-corrected chi connectivity index (χ1v) is 16.8. The van der Waals surface area contributed by atoms with Crippen molar-refractivity contribution in [3.8, 4) is 0 Å². The van der Waals surface area contributed by atoms with Gasteiger partial charge in [0, 0.05) is 38.2 Å². The van der Waals surface area contributed by atoms with Gasteiger partial charge in [-0.1, -0.05) is 72.8 Å². The Kier molecular flexibility index (Phi) is 9.24. The van der Waals surface area contributed by atoms with Crippen LogP contribution in [-0.2, 0) is 28.2 Å². The molecule has 0 unspecified atom stereocenters. The molecule has 0 radical (unpaired) electrons. The van der Waals surface area contributed by atoms with Gasteiger partial charge in [-0.15, -0.1) is 0 Å². The van der Waals surface area contributed by atoms with Crippen LogP contribution in [0.4, 0.5) is 0 Å². The highest BCUT2D eigenvalue weighted by molar-refractivity contribution is 6.77. The lowest BCUT2D eigenvalue weighted by molar-refractivity contribution is -0.365. The second-order valence-corrected chi connectivity index (χ2v) is 18.1. The second-order valence-electron chi connectivity index (χ2n) is 12.7. The van der Waals surface area contributed by atoms with E-state index >= 15 is 0 Å². The SMILES string of the molecule is CC(C)[Si](OCCC/C=C/[C@H]1C=CC[C@@]2(CC[C@]3(O[C@H]4C[C@H](C=O)O[C@H]4C[C@@H]3C)O2)O1)(C(C)C)C(C)C. The number of hydrogen-bond acceptors (Lipinski definition) is 6. The molecule has 7 atom stereocenters. The molecule has 0 aromatic heterocycles. The molecule has 0 amide bonds. The van der Waals surface area contributed by atoms with E-state index < -0.39 is 19.9 Å². The summed E-state index contributed by atoms with van der Waals surface area (Å²) in [6, 6.07) is 0. The van der Waals surface area contributed by atoms with Gasteiger partial charge >= 0.3 is 0 Å². The predicted molar refractivity (Wildman–Crippen MR) is 148 cm³/mol. The normalized spacial score (nSPS) is 38.2. The van der Waals surface area contributed by atoms with Crippen LogP contribution in [0, 0.1) is 5.92 Å². The molecule has 0 bridgehead atoms. The zero-order chi connectivity index (χ0) is 26.8. The average molecular weight is 535 g/mol. The Morgan fingerprint density at radius 2 is 1.76 bits per heavy atom. The number of carbonyl (C=O) groups excluding carboxylic acids is 1. The standard InChI is InChI=1S/C30H50O6Si/c1-21(2)37(22(3)4,23(5)6)32-17-10-8-9-12-25-13-11-14-29(34-25)15-16-30(36-29)24(7)18-27-28(35-30)19-26(20-31)33-27/h9,11-13,20-28H,8,10,14-19H2,1-7H3/b12-9+/t24-,25-,26+,27-,28-,29+,30-/m0/s1. The van der Waals surface area contributed by atoms with Crippen molar-refractivity contribution in [2.24, 2.45) is 5.92 Å². The smallest absolute Gasteiger partial charge is 0.200 e. The molecule has 2 spiro atoms. The van der Waals surface area contributed by atoms with Crippen LogP contribution in [0.3, 0.4) is 0 Å². The van der Waals surface area contributed by atoms with Crippen LogP contribution >= 0.6 is 0 Å². The molecule has 210 valence electrons. The fourth-order valence-electron chi connectivity index (χ4n) is 7.51. The van der Waals surface area contributed by atoms with Crippen molar-refractivity contribution in [2.45, 2.75) is 146 Å². The first kappa shape index (κ1) is 29.2. The summed E-state index contributed by atoms with van der Waals surface area (Å²) in [6.45, 7) is 17.0. The minimum absolute atomic E-state index is 0.0164. The van der Waals surface area contributed by atoms with E-state index in [1.807, 2.05) is 0 Å². The Balaban J connectivity index is 1.28. The Bertz CT molecular complexity index is 818. The molecule has 0 saturated carbocycles. The summed E-state index contributed by atoms with van der Waals surface area (Å²) in [5.74, 6) is -1.12. The molecule has 4 aliphatic heterocycles. The van der Waals surface area contributed by atoms with Gasteiger partial charge in [0.25, 0.3) is 0 Å². The lowest BCUT2D eigenvalue weighted by Crippen LogP contribution is -2.53. The van der Waals surface area contributed by atoms with Gasteiger partial charge in [-0.05, 0) is 35.9 Å². The minimum atomic E-state index is -1.80. The third-order valence-corrected chi connectivity index (χ3v) is 15.4. The number of hydrogen-bond donors (Lipinski definition) is 0. The largest absolute Gasteiger partial charge is 0.416 e. The number of aldehydes is 1. The monoisotopic (exact) mass is 534 g/mol. The van der Waals surface area contributed by atoms with Crippen molar-refractivity contribution in [1.82, 2.24) is 0 Å². The van der Waals surface area contributed by atoms with Gasteiger partial charge < -0.3 is 28.2 Å². The van der Waals surface area contributed by atoms with Crippen LogP contribution in [0.25, 0.3) is 0 Å². The van der Waals surface area contributed by atoms with E-state index in [0.29, 0.717) is 23.0 Å². The van der Waals surface area contributed by atoms with Crippen molar-refractivity contribution in [3.63, 3.8) is 0 Å². The Labute approximate surface area is 225 Å². The van der Waals surface area contributed by atoms with Crippen LogP contribution in [0.1, 0.15) is 93.4 Å². The fourth-order valence-corrected chi connectivity index (χ4v) is 13.0. The molecule has 0 aliphatic carbocycles. The topological polar surface area (TPSA) is 63.2 Å². The van der Waals surface area contributed by atoms with Crippen molar-refractivity contribution in [1.29, 1.82) is 0 Å². The van der Waals surface area contributed by atoms with Gasteiger partial charge in [-0.25, -0.2) is 0 Å². The van der Waals surface area contributed by atoms with Gasteiger partial charge in [0.2, 0.25) is 0 Å². The third-order valence-electron chi connectivity index (χ3n) is 9.29. The minimum Gasteiger partial charge on any atom is -0.416 e. The van der Waals surface area contributed by atoms with Crippen LogP contribution in [0.2, 0.25) is 16.6 Å². The van der Waals surface area contributed by atoms with Gasteiger partial charge in [0.05, 0.1) is 18.3 Å². The molecule has 0 aromatic rings. The van der Waals surface area contributed by atoms with Crippen molar-refractivity contribution < 1.29 is 28.2 Å². The summed E-state index contributed by atoms with van der Waals surface area (Å²) in [5, 5.41) is 0. The second kappa shape index (κ2) is 11.7. The maximum Gasteiger partial charge on any atom is 0.200 e. The van der Waals surface area contributed by atoms with Crippen LogP contribution in [0.5, 0.6) is 0 Å². The highest BCUT2D eigenvalue weighted by Crippen LogP contribution is 2.52. The molecule has 4 aliphatic rings. The first-order chi connectivity index (χ1) is 17.6. The maximum atomic E-state index is 11.2. The quantitative estimate of drug-likeness (QED) is 0.132. The van der Waals surface area contributed by atoms with Gasteiger partial charge in [-0.3, -0.25) is 0 Å². The summed E-state index contributed by atoms with van der Waals surface area (Å²) in [5.41, 5.74) is 1.84. The number of fused-ring (bicyclic) bond motifs is 1. The fraction of sp³-hybridized carbons (Fsp3) is 0.833. The zero-order valence-corrected chi connectivity index (χ0v) is 25.1. The highest BCUT2D eigenvalue weighted by Gasteiger charge is 2.59. The van der Waals surface area contributed by atoms with E-state index in [1.165, 1.54) is 0 Å². The number of unbranched alkanes of at least 4 members (excludes halogenated alkanes) is 1. The van der Waals surface area contributed by atoms with Gasteiger partial charge in [-0.2, -0.15) is 0 Å². The molecule has 3 fully saturated rings. The van der Waals surface area contributed by atoms with E-state index in [1.54, 1.807) is 0 Å². The molecule has 0 aromatic carbocycles. The number of carbonyl (C=O) groups is 1. The molecule has 4 rings (SSSR count). The average Bonchev–Trinajstić information content (AvgIpc) is 3.39. The van der Waals surface area contributed by atoms with Gasteiger partial charge in [0.1, 0.15) is 12.4 Å². The number of rotatable bonds is 10. The highest BCUT2D eigenvalue weighted by atomic mass is 28.4. The molecule has 6 nitrogen and oxygen atoms in total. The molecule has 3 saturated heterocycles. The summed E-state index contributed by atoms with van der Waals surface area (Å²) in [4.78, 5) is 11.2.